The van der Waals surface area contributed by atoms with Gasteiger partial charge in [0.25, 0.3) is 0 Å². The fourth-order valence-corrected chi connectivity index (χ4v) is 1.43. The molecule has 0 bridgehead atoms. The summed E-state index contributed by atoms with van der Waals surface area (Å²) in [5, 5.41) is 5.67. The number of nitrogens with one attached hydrogen (secondary N) is 2. The summed E-state index contributed by atoms with van der Waals surface area (Å²) in [6.45, 7) is 10.5. The van der Waals surface area contributed by atoms with Crippen LogP contribution in [0.3, 0.4) is 0 Å². The molecule has 0 heterocycles. The van der Waals surface area contributed by atoms with Gasteiger partial charge in [0, 0.05) is 25.9 Å². The van der Waals surface area contributed by atoms with E-state index in [0.29, 0.717) is 51.0 Å². The molecule has 0 fully saturated rings. The predicted molar refractivity (Wildman–Crippen MR) is 80.4 cm³/mol. The van der Waals surface area contributed by atoms with E-state index < -0.39 is 0 Å². The zero-order chi connectivity index (χ0) is 15.4. The van der Waals surface area contributed by atoms with Crippen molar-refractivity contribution in [1.82, 2.24) is 10.6 Å². The van der Waals surface area contributed by atoms with Gasteiger partial charge in [-0.2, -0.15) is 0 Å². The molecule has 0 rings (SSSR count). The van der Waals surface area contributed by atoms with E-state index in [4.69, 9.17) is 4.74 Å². The molecule has 0 saturated heterocycles. The van der Waals surface area contributed by atoms with E-state index >= 15 is 0 Å². The number of amides is 2. The molecule has 5 nitrogen and oxygen atoms in total. The summed E-state index contributed by atoms with van der Waals surface area (Å²) in [4.78, 5) is 22.8. The van der Waals surface area contributed by atoms with Crippen LogP contribution in [0.4, 0.5) is 0 Å². The van der Waals surface area contributed by atoms with Crippen molar-refractivity contribution in [3.05, 3.63) is 0 Å². The summed E-state index contributed by atoms with van der Waals surface area (Å²) in [5.74, 6) is 1.06. The standard InChI is InChI=1S/C15H30N2O3/c1-12(2)5-8-16-14(18)6-9-20-10-7-15(19)17-11-13(3)4/h12-13H,5-11H2,1-4H3,(H,16,18)(H,17,19). The molecule has 0 saturated carbocycles. The highest BCUT2D eigenvalue weighted by Gasteiger charge is 2.04. The van der Waals surface area contributed by atoms with Crippen LogP contribution in [0.5, 0.6) is 0 Å². The van der Waals surface area contributed by atoms with E-state index in [1.54, 1.807) is 0 Å². The van der Waals surface area contributed by atoms with Crippen molar-refractivity contribution in [2.75, 3.05) is 26.3 Å². The van der Waals surface area contributed by atoms with Crippen molar-refractivity contribution in [3.8, 4) is 0 Å². The van der Waals surface area contributed by atoms with E-state index in [2.05, 4.69) is 38.3 Å². The molecule has 2 amide bonds. The van der Waals surface area contributed by atoms with Gasteiger partial charge in [-0.15, -0.1) is 0 Å². The molecule has 0 spiro atoms. The number of carbonyl (C=O) groups is 2. The third kappa shape index (κ3) is 13.3. The van der Waals surface area contributed by atoms with Crippen molar-refractivity contribution in [3.63, 3.8) is 0 Å². The molecule has 0 aromatic heterocycles. The van der Waals surface area contributed by atoms with Crippen LogP contribution in [-0.2, 0) is 14.3 Å². The van der Waals surface area contributed by atoms with Gasteiger partial charge in [0.15, 0.2) is 0 Å². The summed E-state index contributed by atoms with van der Waals surface area (Å²) >= 11 is 0. The highest BCUT2D eigenvalue weighted by atomic mass is 16.5. The summed E-state index contributed by atoms with van der Waals surface area (Å²) in [6, 6.07) is 0. The Bertz CT molecular complexity index is 278. The van der Waals surface area contributed by atoms with Gasteiger partial charge in [0.1, 0.15) is 0 Å². The Labute approximate surface area is 122 Å². The van der Waals surface area contributed by atoms with Gasteiger partial charge in [-0.25, -0.2) is 0 Å². The van der Waals surface area contributed by atoms with Gasteiger partial charge in [-0.3, -0.25) is 9.59 Å². The largest absolute Gasteiger partial charge is 0.380 e. The van der Waals surface area contributed by atoms with Gasteiger partial charge in [-0.1, -0.05) is 27.7 Å². The van der Waals surface area contributed by atoms with Crippen molar-refractivity contribution in [2.45, 2.75) is 47.0 Å². The Balaban J connectivity index is 3.38. The lowest BCUT2D eigenvalue weighted by atomic mass is 10.1. The zero-order valence-electron chi connectivity index (χ0n) is 13.3. The number of ether oxygens (including phenoxy) is 1. The SMILES string of the molecule is CC(C)CCNC(=O)CCOCCC(=O)NCC(C)C. The Kier molecular flexibility index (Phi) is 11.1. The Morgan fingerprint density at radius 3 is 1.95 bits per heavy atom. The van der Waals surface area contributed by atoms with Gasteiger partial charge in [-0.05, 0) is 18.3 Å². The molecule has 20 heavy (non-hydrogen) atoms. The molecule has 0 atom stereocenters. The molecule has 0 aliphatic heterocycles. The highest BCUT2D eigenvalue weighted by molar-refractivity contribution is 5.76. The highest BCUT2D eigenvalue weighted by Crippen LogP contribution is 1.96. The molecule has 0 aliphatic rings. The third-order valence-corrected chi connectivity index (χ3v) is 2.70. The normalized spacial score (nSPS) is 10.9. The molecule has 0 unspecified atom stereocenters. The first kappa shape index (κ1) is 18.9. The summed E-state index contributed by atoms with van der Waals surface area (Å²) < 4.78 is 5.29. The molecular weight excluding hydrogens is 256 g/mol. The maximum absolute atomic E-state index is 11.4. The minimum absolute atomic E-state index is 0.0000786. The molecule has 0 aromatic carbocycles. The second-order valence-electron chi connectivity index (χ2n) is 5.84. The lowest BCUT2D eigenvalue weighted by molar-refractivity contribution is -0.122. The van der Waals surface area contributed by atoms with E-state index in [-0.39, 0.29) is 11.8 Å². The van der Waals surface area contributed by atoms with Crippen molar-refractivity contribution in [1.29, 1.82) is 0 Å². The molecule has 2 N–H and O–H groups in total. The molecular formula is C15H30N2O3. The van der Waals surface area contributed by atoms with Crippen LogP contribution in [-0.4, -0.2) is 38.1 Å². The average Bonchev–Trinajstić information content (AvgIpc) is 2.35. The average molecular weight is 286 g/mol. The summed E-state index contributed by atoms with van der Waals surface area (Å²) in [6.07, 6.45) is 1.69. The molecule has 5 heteroatoms. The zero-order valence-corrected chi connectivity index (χ0v) is 13.3. The second-order valence-corrected chi connectivity index (χ2v) is 5.84. The van der Waals surface area contributed by atoms with Crippen molar-refractivity contribution < 1.29 is 14.3 Å². The van der Waals surface area contributed by atoms with Crippen LogP contribution in [0.2, 0.25) is 0 Å². The topological polar surface area (TPSA) is 67.4 Å². The van der Waals surface area contributed by atoms with Gasteiger partial charge in [0.05, 0.1) is 13.2 Å². The van der Waals surface area contributed by atoms with Gasteiger partial charge in [0.2, 0.25) is 11.8 Å². The Morgan fingerprint density at radius 1 is 0.900 bits per heavy atom. The van der Waals surface area contributed by atoms with Gasteiger partial charge >= 0.3 is 0 Å². The van der Waals surface area contributed by atoms with Crippen LogP contribution in [0.15, 0.2) is 0 Å². The number of hydrogen-bond donors (Lipinski definition) is 2. The van der Waals surface area contributed by atoms with Crippen LogP contribution < -0.4 is 10.6 Å². The smallest absolute Gasteiger partial charge is 0.222 e. The monoisotopic (exact) mass is 286 g/mol. The van der Waals surface area contributed by atoms with Crippen LogP contribution in [0, 0.1) is 11.8 Å². The predicted octanol–water partition coefficient (Wildman–Crippen LogP) is 1.72. The molecule has 0 radical (unpaired) electrons. The maximum atomic E-state index is 11.4. The first-order valence-corrected chi connectivity index (χ1v) is 7.53. The van der Waals surface area contributed by atoms with Crippen LogP contribution in [0.25, 0.3) is 0 Å². The maximum Gasteiger partial charge on any atom is 0.222 e. The van der Waals surface area contributed by atoms with Crippen molar-refractivity contribution >= 4 is 11.8 Å². The summed E-state index contributed by atoms with van der Waals surface area (Å²) in [7, 11) is 0. The number of carbonyl (C=O) groups excluding carboxylic acids is 2. The minimum atomic E-state index is 0.0000786. The van der Waals surface area contributed by atoms with Crippen molar-refractivity contribution in [2.24, 2.45) is 11.8 Å². The Hall–Kier alpha value is -1.10. The summed E-state index contributed by atoms with van der Waals surface area (Å²) in [5.41, 5.74) is 0. The quantitative estimate of drug-likeness (QED) is 0.568. The van der Waals surface area contributed by atoms with E-state index in [0.717, 1.165) is 6.42 Å². The van der Waals surface area contributed by atoms with E-state index in [1.165, 1.54) is 0 Å². The molecule has 118 valence electrons. The minimum Gasteiger partial charge on any atom is -0.380 e. The number of hydrogen-bond acceptors (Lipinski definition) is 3. The van der Waals surface area contributed by atoms with Gasteiger partial charge < -0.3 is 15.4 Å². The fraction of sp³-hybridized carbons (Fsp3) is 0.867. The first-order valence-electron chi connectivity index (χ1n) is 7.53. The lowest BCUT2D eigenvalue weighted by Crippen LogP contribution is -2.28. The Morgan fingerprint density at radius 2 is 1.45 bits per heavy atom. The number of rotatable bonds is 11. The van der Waals surface area contributed by atoms with Crippen LogP contribution >= 0.6 is 0 Å². The van der Waals surface area contributed by atoms with E-state index in [9.17, 15) is 9.59 Å². The molecule has 0 aliphatic carbocycles. The first-order chi connectivity index (χ1) is 9.41. The lowest BCUT2D eigenvalue weighted by Gasteiger charge is -2.09. The fourth-order valence-electron chi connectivity index (χ4n) is 1.43. The van der Waals surface area contributed by atoms with Crippen LogP contribution in [0.1, 0.15) is 47.0 Å². The molecule has 0 aromatic rings. The second kappa shape index (κ2) is 11.7. The van der Waals surface area contributed by atoms with E-state index in [1.807, 2.05) is 0 Å². The third-order valence-electron chi connectivity index (χ3n) is 2.70.